The number of hydrogen-bond donors (Lipinski definition) is 1. The van der Waals surface area contributed by atoms with Crippen LogP contribution in [-0.2, 0) is 0 Å². The van der Waals surface area contributed by atoms with Crippen molar-refractivity contribution >= 4 is 29.0 Å². The van der Waals surface area contributed by atoms with E-state index in [1.807, 2.05) is 93.6 Å². The molecule has 164 valence electrons. The first kappa shape index (κ1) is 21.6. The standard InChI is InChI=1S/C26H28N4O2/c1-4-30(25(31)32-23-15-14-21-12-8-9-13-22(21)18-23)26(3)16-17-27-24(29-26)28-19(2)20-10-6-5-7-11-20/h5-15,17-19H,4,16H2,1-3H3,(H,28,29)/t19-,26?/m0/s1. The van der Waals surface area contributed by atoms with Gasteiger partial charge in [0, 0.05) is 19.2 Å². The fraction of sp³-hybridized carbons (Fsp3) is 0.269. The Morgan fingerprint density at radius 1 is 1.12 bits per heavy atom. The van der Waals surface area contributed by atoms with Gasteiger partial charge in [-0.2, -0.15) is 0 Å². The molecule has 0 aromatic heterocycles. The molecule has 2 atom stereocenters. The molecule has 3 aromatic carbocycles. The van der Waals surface area contributed by atoms with Gasteiger partial charge in [0.05, 0.1) is 6.04 Å². The number of amides is 1. The molecule has 0 bridgehead atoms. The first-order chi connectivity index (χ1) is 15.5. The third kappa shape index (κ3) is 4.64. The molecule has 1 aliphatic heterocycles. The maximum absolute atomic E-state index is 13.1. The van der Waals surface area contributed by atoms with Gasteiger partial charge >= 0.3 is 6.09 Å². The lowest BCUT2D eigenvalue weighted by Crippen LogP contribution is -2.62. The highest BCUT2D eigenvalue weighted by Gasteiger charge is 2.37. The number of carbonyl (C=O) groups excluding carboxylic acids is 1. The second-order valence-corrected chi connectivity index (χ2v) is 8.08. The number of ether oxygens (including phenoxy) is 1. The van der Waals surface area contributed by atoms with E-state index in [1.165, 1.54) is 0 Å². The summed E-state index contributed by atoms with van der Waals surface area (Å²) in [5.41, 5.74) is 0.409. The number of aliphatic imine (C=N–C) groups is 2. The monoisotopic (exact) mass is 428 g/mol. The lowest BCUT2D eigenvalue weighted by molar-refractivity contribution is 0.0876. The number of fused-ring (bicyclic) bond motifs is 1. The predicted molar refractivity (Wildman–Crippen MR) is 129 cm³/mol. The van der Waals surface area contributed by atoms with Crippen LogP contribution in [0.5, 0.6) is 5.75 Å². The molecule has 1 aliphatic rings. The van der Waals surface area contributed by atoms with E-state index >= 15 is 0 Å². The van der Waals surface area contributed by atoms with Crippen molar-refractivity contribution in [2.75, 3.05) is 6.54 Å². The zero-order chi connectivity index (χ0) is 22.6. The zero-order valence-electron chi connectivity index (χ0n) is 18.7. The van der Waals surface area contributed by atoms with Crippen molar-refractivity contribution in [3.05, 3.63) is 78.4 Å². The Hall–Kier alpha value is -3.67. The quantitative estimate of drug-likeness (QED) is 0.579. The van der Waals surface area contributed by atoms with Crippen LogP contribution in [0.25, 0.3) is 10.8 Å². The molecule has 3 aromatic rings. The van der Waals surface area contributed by atoms with Crippen molar-refractivity contribution < 1.29 is 9.53 Å². The highest BCUT2D eigenvalue weighted by Crippen LogP contribution is 2.25. The molecule has 6 heteroatoms. The first-order valence-electron chi connectivity index (χ1n) is 10.9. The molecular formula is C26H28N4O2. The van der Waals surface area contributed by atoms with E-state index < -0.39 is 11.8 Å². The third-order valence-electron chi connectivity index (χ3n) is 5.74. The summed E-state index contributed by atoms with van der Waals surface area (Å²) < 4.78 is 5.74. The summed E-state index contributed by atoms with van der Waals surface area (Å²) >= 11 is 0. The van der Waals surface area contributed by atoms with E-state index in [4.69, 9.17) is 9.73 Å². The molecule has 0 spiro atoms. The van der Waals surface area contributed by atoms with Crippen LogP contribution >= 0.6 is 0 Å². The van der Waals surface area contributed by atoms with Gasteiger partial charge in [-0.3, -0.25) is 4.90 Å². The fourth-order valence-electron chi connectivity index (χ4n) is 3.93. The summed E-state index contributed by atoms with van der Waals surface area (Å²) in [5.74, 6) is 1.03. The van der Waals surface area contributed by atoms with Crippen LogP contribution in [0.2, 0.25) is 0 Å². The largest absolute Gasteiger partial charge is 0.417 e. The molecular weight excluding hydrogens is 400 g/mol. The molecule has 0 fully saturated rings. The molecule has 32 heavy (non-hydrogen) atoms. The Bertz CT molecular complexity index is 1160. The molecule has 1 amide bonds. The summed E-state index contributed by atoms with van der Waals surface area (Å²) in [7, 11) is 0. The van der Waals surface area contributed by atoms with Crippen LogP contribution in [0.3, 0.4) is 0 Å². The Morgan fingerprint density at radius 2 is 1.84 bits per heavy atom. The topological polar surface area (TPSA) is 66.3 Å². The molecule has 1 unspecified atom stereocenters. The Morgan fingerprint density at radius 3 is 2.59 bits per heavy atom. The molecule has 0 radical (unpaired) electrons. The summed E-state index contributed by atoms with van der Waals surface area (Å²) in [4.78, 5) is 23.9. The molecule has 1 N–H and O–H groups in total. The average Bonchev–Trinajstić information content (AvgIpc) is 2.80. The number of carbonyl (C=O) groups is 1. The van der Waals surface area contributed by atoms with Gasteiger partial charge in [0.25, 0.3) is 0 Å². The third-order valence-corrected chi connectivity index (χ3v) is 5.74. The Kier molecular flexibility index (Phi) is 6.21. The normalized spacial score (nSPS) is 20.0. The van der Waals surface area contributed by atoms with Gasteiger partial charge in [0.15, 0.2) is 0 Å². The number of hydrogen-bond acceptors (Lipinski definition) is 3. The van der Waals surface area contributed by atoms with Crippen LogP contribution in [0.15, 0.2) is 82.8 Å². The summed E-state index contributed by atoms with van der Waals surface area (Å²) in [6, 6.07) is 23.6. The number of guanidine groups is 1. The smallest absolute Gasteiger partial charge is 0.410 e. The molecule has 0 saturated carbocycles. The average molecular weight is 429 g/mol. The van der Waals surface area contributed by atoms with Gasteiger partial charge in [-0.25, -0.2) is 14.8 Å². The van der Waals surface area contributed by atoms with Crippen molar-refractivity contribution in [1.82, 2.24) is 10.2 Å². The molecule has 0 aliphatic carbocycles. The SMILES string of the molecule is CCN(C(=O)Oc1ccc2ccccc2c1)C1(C)CC=NC(=N[C@@H](C)c2ccccc2)N1. The second-order valence-electron chi connectivity index (χ2n) is 8.08. The van der Waals surface area contributed by atoms with Crippen molar-refractivity contribution in [3.63, 3.8) is 0 Å². The van der Waals surface area contributed by atoms with E-state index in [0.29, 0.717) is 24.7 Å². The summed E-state index contributed by atoms with van der Waals surface area (Å²) in [5, 5.41) is 5.48. The van der Waals surface area contributed by atoms with Crippen LogP contribution in [0.4, 0.5) is 4.79 Å². The van der Waals surface area contributed by atoms with Crippen LogP contribution in [-0.4, -0.2) is 35.4 Å². The highest BCUT2D eigenvalue weighted by atomic mass is 16.6. The first-order valence-corrected chi connectivity index (χ1v) is 10.9. The van der Waals surface area contributed by atoms with E-state index in [-0.39, 0.29) is 6.04 Å². The number of rotatable bonds is 5. The van der Waals surface area contributed by atoms with Crippen LogP contribution < -0.4 is 10.1 Å². The van der Waals surface area contributed by atoms with E-state index in [9.17, 15) is 4.79 Å². The minimum absolute atomic E-state index is 0.0576. The van der Waals surface area contributed by atoms with Gasteiger partial charge in [-0.1, -0.05) is 60.7 Å². The molecule has 6 nitrogen and oxygen atoms in total. The van der Waals surface area contributed by atoms with Gasteiger partial charge in [0.2, 0.25) is 5.96 Å². The molecule has 1 heterocycles. The highest BCUT2D eigenvalue weighted by molar-refractivity contribution is 5.92. The van der Waals surface area contributed by atoms with Gasteiger partial charge in [-0.05, 0) is 49.2 Å². The van der Waals surface area contributed by atoms with E-state index in [1.54, 1.807) is 11.1 Å². The Balaban J connectivity index is 1.51. The van der Waals surface area contributed by atoms with Crippen LogP contribution in [0, 0.1) is 0 Å². The van der Waals surface area contributed by atoms with Crippen molar-refractivity contribution in [2.45, 2.75) is 38.9 Å². The van der Waals surface area contributed by atoms with Crippen LogP contribution in [0.1, 0.15) is 38.8 Å². The van der Waals surface area contributed by atoms with Crippen molar-refractivity contribution in [2.24, 2.45) is 9.98 Å². The lowest BCUT2D eigenvalue weighted by atomic mass is 10.1. The maximum Gasteiger partial charge on any atom is 0.417 e. The molecule has 4 rings (SSSR count). The predicted octanol–water partition coefficient (Wildman–Crippen LogP) is 5.56. The summed E-state index contributed by atoms with van der Waals surface area (Å²) in [6.07, 6.45) is 1.94. The van der Waals surface area contributed by atoms with Gasteiger partial charge in [0.1, 0.15) is 11.4 Å². The zero-order valence-corrected chi connectivity index (χ0v) is 18.7. The van der Waals surface area contributed by atoms with Gasteiger partial charge < -0.3 is 10.1 Å². The van der Waals surface area contributed by atoms with E-state index in [0.717, 1.165) is 16.3 Å². The lowest BCUT2D eigenvalue weighted by Gasteiger charge is -2.41. The van der Waals surface area contributed by atoms with Crippen molar-refractivity contribution in [1.29, 1.82) is 0 Å². The maximum atomic E-state index is 13.1. The number of nitrogens with zero attached hydrogens (tertiary/aromatic N) is 3. The second kappa shape index (κ2) is 9.22. The van der Waals surface area contributed by atoms with Gasteiger partial charge in [-0.15, -0.1) is 0 Å². The number of nitrogens with one attached hydrogen (secondary N) is 1. The minimum atomic E-state index is -0.695. The van der Waals surface area contributed by atoms with E-state index in [2.05, 4.69) is 10.3 Å². The molecule has 0 saturated heterocycles. The minimum Gasteiger partial charge on any atom is -0.410 e. The van der Waals surface area contributed by atoms with Crippen molar-refractivity contribution in [3.8, 4) is 5.75 Å². The number of benzene rings is 3. The summed E-state index contributed by atoms with van der Waals surface area (Å²) in [6.45, 7) is 6.40. The Labute approximate surface area is 188 Å². The fourth-order valence-corrected chi connectivity index (χ4v) is 3.93.